The van der Waals surface area contributed by atoms with E-state index in [0.29, 0.717) is 5.82 Å². The van der Waals surface area contributed by atoms with Crippen LogP contribution in [0.2, 0.25) is 0 Å². The standard InChI is InChI=1S/C21H21N7O/c1-12-15(5-7-18-16(12)10-24-26-18)21-25-20(27-28(21)11-19(22)29)14-4-6-17-13(9-14)3-2-8-23-17/h2-4,6,8-10,12,15H,5,7,11H2,1H3,(H2,22,29)(H,24,26). The van der Waals surface area contributed by atoms with Crippen molar-refractivity contribution in [1.29, 1.82) is 0 Å². The fourth-order valence-electron chi connectivity index (χ4n) is 4.26. The first-order chi connectivity index (χ1) is 14.1. The maximum absolute atomic E-state index is 11.7. The van der Waals surface area contributed by atoms with Crippen LogP contribution in [0.5, 0.6) is 0 Å². The van der Waals surface area contributed by atoms with E-state index in [1.165, 1.54) is 11.3 Å². The maximum atomic E-state index is 11.7. The van der Waals surface area contributed by atoms with Crippen molar-refractivity contribution in [3.63, 3.8) is 0 Å². The molecular weight excluding hydrogens is 366 g/mol. The largest absolute Gasteiger partial charge is 0.368 e. The van der Waals surface area contributed by atoms with Crippen LogP contribution in [-0.2, 0) is 17.8 Å². The first-order valence-corrected chi connectivity index (χ1v) is 9.70. The van der Waals surface area contributed by atoms with Crippen molar-refractivity contribution in [2.45, 2.75) is 38.1 Å². The highest BCUT2D eigenvalue weighted by atomic mass is 16.1. The summed E-state index contributed by atoms with van der Waals surface area (Å²) >= 11 is 0. The average Bonchev–Trinajstić information content (AvgIpc) is 3.35. The number of primary amides is 1. The van der Waals surface area contributed by atoms with E-state index in [0.717, 1.165) is 35.1 Å². The van der Waals surface area contributed by atoms with Crippen molar-refractivity contribution in [3.8, 4) is 11.4 Å². The Kier molecular flexibility index (Phi) is 4.12. The van der Waals surface area contributed by atoms with Gasteiger partial charge in [-0.3, -0.25) is 14.9 Å². The van der Waals surface area contributed by atoms with Gasteiger partial charge in [0.2, 0.25) is 5.91 Å². The Hall–Kier alpha value is -3.55. The van der Waals surface area contributed by atoms with Gasteiger partial charge in [-0.1, -0.05) is 13.0 Å². The van der Waals surface area contributed by atoms with Gasteiger partial charge < -0.3 is 5.73 Å². The molecule has 0 aliphatic heterocycles. The molecule has 0 saturated heterocycles. The SMILES string of the molecule is CC1c2cn[nH]c2CCC1c1nc(-c2ccc3ncccc3c2)nn1CC(N)=O. The number of rotatable bonds is 4. The summed E-state index contributed by atoms with van der Waals surface area (Å²) in [4.78, 5) is 20.9. The number of nitrogens with one attached hydrogen (secondary N) is 1. The lowest BCUT2D eigenvalue weighted by Crippen LogP contribution is -2.25. The van der Waals surface area contributed by atoms with Crippen LogP contribution in [0.3, 0.4) is 0 Å². The van der Waals surface area contributed by atoms with E-state index in [-0.39, 0.29) is 18.4 Å². The number of hydrogen-bond donors (Lipinski definition) is 2. The summed E-state index contributed by atoms with van der Waals surface area (Å²) in [6.07, 6.45) is 5.46. The molecule has 2 unspecified atom stereocenters. The number of aromatic nitrogens is 6. The van der Waals surface area contributed by atoms with E-state index in [4.69, 9.17) is 10.7 Å². The third-order valence-corrected chi connectivity index (χ3v) is 5.75. The molecule has 3 N–H and O–H groups in total. The highest BCUT2D eigenvalue weighted by Gasteiger charge is 2.33. The van der Waals surface area contributed by atoms with Gasteiger partial charge in [0.05, 0.1) is 11.7 Å². The molecule has 3 aromatic heterocycles. The molecule has 2 atom stereocenters. The first kappa shape index (κ1) is 17.5. The van der Waals surface area contributed by atoms with Crippen molar-refractivity contribution in [1.82, 2.24) is 29.9 Å². The number of nitrogens with two attached hydrogens (primary N) is 1. The fourth-order valence-corrected chi connectivity index (χ4v) is 4.26. The quantitative estimate of drug-likeness (QED) is 0.558. The topological polar surface area (TPSA) is 115 Å². The summed E-state index contributed by atoms with van der Waals surface area (Å²) in [5, 5.41) is 12.9. The van der Waals surface area contributed by atoms with Crippen molar-refractivity contribution < 1.29 is 4.79 Å². The number of nitrogens with zero attached hydrogens (tertiary/aromatic N) is 5. The van der Waals surface area contributed by atoms with Crippen LogP contribution in [0.4, 0.5) is 0 Å². The van der Waals surface area contributed by atoms with E-state index in [1.807, 2.05) is 36.5 Å². The van der Waals surface area contributed by atoms with E-state index in [2.05, 4.69) is 27.2 Å². The van der Waals surface area contributed by atoms with Crippen LogP contribution in [0.1, 0.15) is 42.3 Å². The Bertz CT molecular complexity index is 1210. The van der Waals surface area contributed by atoms with Gasteiger partial charge in [-0.2, -0.15) is 10.2 Å². The molecule has 5 rings (SSSR count). The minimum atomic E-state index is -0.433. The Balaban J connectivity index is 1.58. The number of aromatic amines is 1. The van der Waals surface area contributed by atoms with E-state index >= 15 is 0 Å². The lowest BCUT2D eigenvalue weighted by Gasteiger charge is -2.27. The Morgan fingerprint density at radius 1 is 1.34 bits per heavy atom. The van der Waals surface area contributed by atoms with Gasteiger partial charge in [0.1, 0.15) is 12.4 Å². The number of hydrogen-bond acceptors (Lipinski definition) is 5. The minimum Gasteiger partial charge on any atom is -0.368 e. The monoisotopic (exact) mass is 387 g/mol. The van der Waals surface area contributed by atoms with Gasteiger partial charge in [0.25, 0.3) is 0 Å². The summed E-state index contributed by atoms with van der Waals surface area (Å²) in [7, 11) is 0. The Morgan fingerprint density at radius 3 is 3.10 bits per heavy atom. The Labute approximate surface area is 167 Å². The number of aryl methyl sites for hydroxylation is 1. The Morgan fingerprint density at radius 2 is 2.24 bits per heavy atom. The third kappa shape index (κ3) is 3.06. The molecule has 1 aliphatic carbocycles. The highest BCUT2D eigenvalue weighted by Crippen LogP contribution is 2.41. The van der Waals surface area contributed by atoms with E-state index < -0.39 is 5.91 Å². The molecule has 1 aliphatic rings. The normalized spacial score (nSPS) is 18.7. The second kappa shape index (κ2) is 6.80. The van der Waals surface area contributed by atoms with Crippen molar-refractivity contribution in [3.05, 3.63) is 59.8 Å². The summed E-state index contributed by atoms with van der Waals surface area (Å²) in [5.74, 6) is 1.32. The lowest BCUT2D eigenvalue weighted by atomic mass is 9.78. The fraction of sp³-hybridized carbons (Fsp3) is 0.286. The average molecular weight is 387 g/mol. The molecule has 0 bridgehead atoms. The van der Waals surface area contributed by atoms with E-state index in [9.17, 15) is 4.79 Å². The van der Waals surface area contributed by atoms with Crippen LogP contribution in [0.25, 0.3) is 22.3 Å². The van der Waals surface area contributed by atoms with Gasteiger partial charge in [0, 0.05) is 28.8 Å². The first-order valence-electron chi connectivity index (χ1n) is 9.70. The number of benzene rings is 1. The summed E-state index contributed by atoms with van der Waals surface area (Å²) in [6.45, 7) is 2.18. The summed E-state index contributed by atoms with van der Waals surface area (Å²) in [6, 6.07) is 9.86. The van der Waals surface area contributed by atoms with Crippen LogP contribution in [0, 0.1) is 0 Å². The third-order valence-electron chi connectivity index (χ3n) is 5.75. The second-order valence-corrected chi connectivity index (χ2v) is 7.57. The number of amides is 1. The molecule has 4 aromatic rings. The number of carbonyl (C=O) groups excluding carboxylic acids is 1. The van der Waals surface area contributed by atoms with Gasteiger partial charge in [-0.15, -0.1) is 0 Å². The number of fused-ring (bicyclic) bond motifs is 2. The second-order valence-electron chi connectivity index (χ2n) is 7.57. The van der Waals surface area contributed by atoms with Gasteiger partial charge in [0.15, 0.2) is 5.82 Å². The van der Waals surface area contributed by atoms with Crippen LogP contribution in [-0.4, -0.2) is 35.9 Å². The molecule has 3 heterocycles. The molecule has 29 heavy (non-hydrogen) atoms. The molecule has 0 saturated carbocycles. The maximum Gasteiger partial charge on any atom is 0.239 e. The zero-order valence-electron chi connectivity index (χ0n) is 16.0. The molecule has 1 aromatic carbocycles. The predicted octanol–water partition coefficient (Wildman–Crippen LogP) is 2.54. The number of carbonyl (C=O) groups is 1. The molecule has 0 radical (unpaired) electrons. The van der Waals surface area contributed by atoms with Crippen LogP contribution in [0.15, 0.2) is 42.7 Å². The number of pyridine rings is 1. The zero-order chi connectivity index (χ0) is 20.0. The van der Waals surface area contributed by atoms with Crippen LogP contribution >= 0.6 is 0 Å². The number of H-pyrrole nitrogens is 1. The molecule has 8 heteroatoms. The van der Waals surface area contributed by atoms with Crippen LogP contribution < -0.4 is 5.73 Å². The zero-order valence-corrected chi connectivity index (χ0v) is 16.0. The smallest absolute Gasteiger partial charge is 0.239 e. The minimum absolute atomic E-state index is 0.0128. The highest BCUT2D eigenvalue weighted by molar-refractivity contribution is 5.83. The van der Waals surface area contributed by atoms with E-state index in [1.54, 1.807) is 10.9 Å². The molecule has 0 spiro atoms. The molecule has 1 amide bonds. The van der Waals surface area contributed by atoms with Gasteiger partial charge in [-0.25, -0.2) is 9.67 Å². The molecule has 0 fully saturated rings. The summed E-state index contributed by atoms with van der Waals surface area (Å²) in [5.41, 5.74) is 9.68. The van der Waals surface area contributed by atoms with Crippen molar-refractivity contribution in [2.75, 3.05) is 0 Å². The van der Waals surface area contributed by atoms with Crippen molar-refractivity contribution in [2.24, 2.45) is 5.73 Å². The molecule has 8 nitrogen and oxygen atoms in total. The van der Waals surface area contributed by atoms with Crippen molar-refractivity contribution >= 4 is 16.8 Å². The van der Waals surface area contributed by atoms with Gasteiger partial charge in [-0.05, 0) is 48.6 Å². The predicted molar refractivity (Wildman–Crippen MR) is 108 cm³/mol. The molecule has 146 valence electrons. The summed E-state index contributed by atoms with van der Waals surface area (Å²) < 4.78 is 1.66. The molecular formula is C21H21N7O. The van der Waals surface area contributed by atoms with Gasteiger partial charge >= 0.3 is 0 Å². The lowest BCUT2D eigenvalue weighted by molar-refractivity contribution is -0.118.